The Kier molecular flexibility index (Phi) is 4.82. The van der Waals surface area contributed by atoms with Gasteiger partial charge < -0.3 is 19.7 Å². The first-order chi connectivity index (χ1) is 11.0. The first-order valence-corrected chi connectivity index (χ1v) is 7.85. The molecule has 1 unspecified atom stereocenters. The van der Waals surface area contributed by atoms with Crippen molar-refractivity contribution >= 4 is 0 Å². The van der Waals surface area contributed by atoms with Crippen molar-refractivity contribution in [3.05, 3.63) is 35.4 Å². The Labute approximate surface area is 135 Å². The van der Waals surface area contributed by atoms with Crippen LogP contribution in [0, 0.1) is 0 Å². The molecule has 1 aliphatic heterocycles. The highest BCUT2D eigenvalue weighted by atomic mass is 19.3. The van der Waals surface area contributed by atoms with Crippen LogP contribution >= 0.6 is 0 Å². The van der Waals surface area contributed by atoms with Crippen molar-refractivity contribution in [3.63, 3.8) is 0 Å². The lowest BCUT2D eigenvalue weighted by atomic mass is 10.00. The zero-order valence-corrected chi connectivity index (χ0v) is 13.4. The summed E-state index contributed by atoms with van der Waals surface area (Å²) in [5, 5.41) is 3.42. The van der Waals surface area contributed by atoms with Gasteiger partial charge in [0, 0.05) is 13.1 Å². The van der Waals surface area contributed by atoms with Crippen LogP contribution in [-0.4, -0.2) is 44.8 Å². The summed E-state index contributed by atoms with van der Waals surface area (Å²) in [5.74, 6) is 0.509. The number of likely N-dealkylation sites (N-methyl/N-ethyl adjacent to an activating group) is 1. The molecule has 6 heteroatoms. The SMILES string of the molecule is CN(C)CC1=CCNC1c1ccc(OC(F)F)c(OC2CC2)c1. The van der Waals surface area contributed by atoms with Crippen LogP contribution in [0.1, 0.15) is 24.4 Å². The van der Waals surface area contributed by atoms with Crippen molar-refractivity contribution in [2.45, 2.75) is 31.6 Å². The maximum Gasteiger partial charge on any atom is 0.387 e. The second-order valence-corrected chi connectivity index (χ2v) is 6.26. The monoisotopic (exact) mass is 324 g/mol. The van der Waals surface area contributed by atoms with E-state index in [4.69, 9.17) is 4.74 Å². The molecular weight excluding hydrogens is 302 g/mol. The van der Waals surface area contributed by atoms with E-state index in [2.05, 4.69) is 21.0 Å². The van der Waals surface area contributed by atoms with Gasteiger partial charge in [0.2, 0.25) is 0 Å². The van der Waals surface area contributed by atoms with Crippen molar-refractivity contribution < 1.29 is 18.3 Å². The number of halogens is 2. The minimum absolute atomic E-state index is 0.0829. The Hall–Kier alpha value is -1.66. The highest BCUT2D eigenvalue weighted by Gasteiger charge is 2.27. The van der Waals surface area contributed by atoms with E-state index in [1.165, 1.54) is 5.57 Å². The third-order valence-electron chi connectivity index (χ3n) is 3.89. The molecule has 2 aliphatic rings. The Morgan fingerprint density at radius 3 is 2.70 bits per heavy atom. The van der Waals surface area contributed by atoms with Crippen LogP contribution in [0.3, 0.4) is 0 Å². The fraction of sp³-hybridized carbons (Fsp3) is 0.529. The molecule has 0 saturated heterocycles. The fourth-order valence-electron chi connectivity index (χ4n) is 2.76. The van der Waals surface area contributed by atoms with Gasteiger partial charge >= 0.3 is 6.61 Å². The van der Waals surface area contributed by atoms with Crippen LogP contribution in [0.25, 0.3) is 0 Å². The zero-order valence-electron chi connectivity index (χ0n) is 13.4. The Morgan fingerprint density at radius 2 is 2.04 bits per heavy atom. The van der Waals surface area contributed by atoms with Crippen LogP contribution in [-0.2, 0) is 0 Å². The predicted molar refractivity (Wildman–Crippen MR) is 84.1 cm³/mol. The van der Waals surface area contributed by atoms with E-state index in [0.717, 1.165) is 31.5 Å². The van der Waals surface area contributed by atoms with Crippen LogP contribution < -0.4 is 14.8 Å². The van der Waals surface area contributed by atoms with Gasteiger partial charge in [0.25, 0.3) is 0 Å². The summed E-state index contributed by atoms with van der Waals surface area (Å²) >= 11 is 0. The summed E-state index contributed by atoms with van der Waals surface area (Å²) in [6.45, 7) is -1.19. The highest BCUT2D eigenvalue weighted by molar-refractivity contribution is 5.46. The average Bonchev–Trinajstić information content (AvgIpc) is 3.17. The van der Waals surface area contributed by atoms with E-state index in [1.807, 2.05) is 26.2 Å². The molecular formula is C17H22F2N2O2. The maximum atomic E-state index is 12.6. The summed E-state index contributed by atoms with van der Waals surface area (Å²) in [4.78, 5) is 2.11. The molecule has 23 heavy (non-hydrogen) atoms. The van der Waals surface area contributed by atoms with E-state index in [9.17, 15) is 8.78 Å². The van der Waals surface area contributed by atoms with Crippen molar-refractivity contribution in [2.75, 3.05) is 27.2 Å². The van der Waals surface area contributed by atoms with Gasteiger partial charge in [-0.05, 0) is 50.2 Å². The van der Waals surface area contributed by atoms with Crippen LogP contribution in [0.2, 0.25) is 0 Å². The van der Waals surface area contributed by atoms with Gasteiger partial charge in [0.05, 0.1) is 12.1 Å². The number of alkyl halides is 2. The van der Waals surface area contributed by atoms with Crippen LogP contribution in [0.15, 0.2) is 29.8 Å². The predicted octanol–water partition coefficient (Wildman–Crippen LogP) is 2.96. The minimum atomic E-state index is -2.85. The van der Waals surface area contributed by atoms with E-state index in [0.29, 0.717) is 5.75 Å². The van der Waals surface area contributed by atoms with E-state index >= 15 is 0 Å². The Bertz CT molecular complexity index is 586. The molecule has 0 radical (unpaired) electrons. The lowest BCUT2D eigenvalue weighted by Crippen LogP contribution is -2.23. The molecule has 126 valence electrons. The molecule has 1 fully saturated rings. The van der Waals surface area contributed by atoms with E-state index in [1.54, 1.807) is 6.07 Å². The molecule has 1 N–H and O–H groups in total. The molecule has 1 aromatic carbocycles. The van der Waals surface area contributed by atoms with Crippen molar-refractivity contribution in [1.29, 1.82) is 0 Å². The molecule has 1 aliphatic carbocycles. The number of nitrogens with one attached hydrogen (secondary N) is 1. The Morgan fingerprint density at radius 1 is 1.26 bits per heavy atom. The standard InChI is InChI=1S/C17H22F2N2O2/c1-21(2)10-12-7-8-20-16(12)11-3-6-14(23-17(18)19)15(9-11)22-13-4-5-13/h3,6-7,9,13,16-17,20H,4-5,8,10H2,1-2H3. The Balaban J connectivity index is 1.83. The van der Waals surface area contributed by atoms with Gasteiger partial charge in [0.1, 0.15) is 0 Å². The molecule has 0 amide bonds. The van der Waals surface area contributed by atoms with Crippen molar-refractivity contribution in [2.24, 2.45) is 0 Å². The lowest BCUT2D eigenvalue weighted by molar-refractivity contribution is -0.0516. The highest BCUT2D eigenvalue weighted by Crippen LogP contribution is 2.38. The van der Waals surface area contributed by atoms with Gasteiger partial charge in [-0.3, -0.25) is 0 Å². The largest absolute Gasteiger partial charge is 0.487 e. The minimum Gasteiger partial charge on any atom is -0.487 e. The molecule has 0 spiro atoms. The molecule has 1 atom stereocenters. The third kappa shape index (κ3) is 4.20. The maximum absolute atomic E-state index is 12.6. The first-order valence-electron chi connectivity index (χ1n) is 7.85. The summed E-state index contributed by atoms with van der Waals surface area (Å²) < 4.78 is 35.5. The van der Waals surface area contributed by atoms with E-state index < -0.39 is 6.61 Å². The van der Waals surface area contributed by atoms with Crippen molar-refractivity contribution in [1.82, 2.24) is 10.2 Å². The molecule has 1 aromatic rings. The van der Waals surface area contributed by atoms with Gasteiger partial charge in [-0.15, -0.1) is 0 Å². The number of nitrogens with zero attached hydrogens (tertiary/aromatic N) is 1. The summed E-state index contributed by atoms with van der Waals surface area (Å²) in [5.41, 5.74) is 2.28. The smallest absolute Gasteiger partial charge is 0.387 e. The zero-order chi connectivity index (χ0) is 16.4. The topological polar surface area (TPSA) is 33.7 Å². The third-order valence-corrected chi connectivity index (χ3v) is 3.89. The molecule has 0 aromatic heterocycles. The number of hydrogen-bond donors (Lipinski definition) is 1. The molecule has 4 nitrogen and oxygen atoms in total. The normalized spacial score (nSPS) is 21.0. The second kappa shape index (κ2) is 6.84. The fourth-order valence-corrected chi connectivity index (χ4v) is 2.76. The van der Waals surface area contributed by atoms with Gasteiger partial charge in [0.15, 0.2) is 11.5 Å². The number of hydrogen-bond acceptors (Lipinski definition) is 4. The quantitative estimate of drug-likeness (QED) is 0.782. The average molecular weight is 324 g/mol. The molecule has 1 saturated carbocycles. The van der Waals surface area contributed by atoms with Crippen molar-refractivity contribution in [3.8, 4) is 11.5 Å². The van der Waals surface area contributed by atoms with Crippen LogP contribution in [0.5, 0.6) is 11.5 Å². The second-order valence-electron chi connectivity index (χ2n) is 6.26. The summed E-state index contributed by atoms with van der Waals surface area (Å²) in [7, 11) is 4.05. The summed E-state index contributed by atoms with van der Waals surface area (Å²) in [6, 6.07) is 5.30. The van der Waals surface area contributed by atoms with Gasteiger partial charge in [-0.25, -0.2) is 0 Å². The number of ether oxygens (including phenoxy) is 2. The molecule has 1 heterocycles. The lowest BCUT2D eigenvalue weighted by Gasteiger charge is -2.21. The summed E-state index contributed by atoms with van der Waals surface area (Å²) in [6.07, 6.45) is 4.23. The van der Waals surface area contributed by atoms with Gasteiger partial charge in [-0.2, -0.15) is 8.78 Å². The molecule has 0 bridgehead atoms. The van der Waals surface area contributed by atoms with Gasteiger partial charge in [-0.1, -0.05) is 12.1 Å². The molecule has 3 rings (SSSR count). The first kappa shape index (κ1) is 16.2. The van der Waals surface area contributed by atoms with Crippen LogP contribution in [0.4, 0.5) is 8.78 Å². The number of rotatable bonds is 7. The number of benzene rings is 1. The van der Waals surface area contributed by atoms with E-state index in [-0.39, 0.29) is 17.9 Å².